The van der Waals surface area contributed by atoms with Gasteiger partial charge in [0.1, 0.15) is 23.6 Å². The van der Waals surface area contributed by atoms with Gasteiger partial charge in [0.25, 0.3) is 5.91 Å². The van der Waals surface area contributed by atoms with Crippen LogP contribution in [-0.4, -0.2) is 36.3 Å². The SMILES string of the molecule is NCc1ccccc1-n1cnc(C(=O)N2N=C(c3cccnc3)CC2c2c(O)cccc2F)c1. The molecule has 2 aromatic heterocycles. The van der Waals surface area contributed by atoms with Crippen molar-refractivity contribution in [2.45, 2.75) is 19.0 Å². The highest BCUT2D eigenvalue weighted by molar-refractivity contribution is 6.04. The number of rotatable bonds is 5. The first-order valence-corrected chi connectivity index (χ1v) is 10.7. The van der Waals surface area contributed by atoms with Crippen molar-refractivity contribution >= 4 is 11.6 Å². The Morgan fingerprint density at radius 2 is 2.00 bits per heavy atom. The lowest BCUT2D eigenvalue weighted by atomic mass is 9.97. The van der Waals surface area contributed by atoms with E-state index in [1.807, 2.05) is 30.3 Å². The van der Waals surface area contributed by atoms with Crippen molar-refractivity contribution in [1.29, 1.82) is 0 Å². The molecule has 3 N–H and O–H groups in total. The summed E-state index contributed by atoms with van der Waals surface area (Å²) in [5, 5.41) is 16.1. The van der Waals surface area contributed by atoms with Crippen LogP contribution in [-0.2, 0) is 6.54 Å². The van der Waals surface area contributed by atoms with Gasteiger partial charge in [-0.05, 0) is 29.8 Å². The van der Waals surface area contributed by atoms with Gasteiger partial charge in [-0.25, -0.2) is 14.4 Å². The van der Waals surface area contributed by atoms with Crippen LogP contribution in [0.25, 0.3) is 5.69 Å². The van der Waals surface area contributed by atoms with Crippen LogP contribution in [0.4, 0.5) is 4.39 Å². The van der Waals surface area contributed by atoms with Crippen LogP contribution in [0.2, 0.25) is 0 Å². The number of pyridine rings is 1. The molecule has 5 rings (SSSR count). The molecule has 1 aliphatic heterocycles. The molecule has 0 saturated carbocycles. The van der Waals surface area contributed by atoms with Gasteiger partial charge in [0, 0.05) is 37.1 Å². The molecule has 2 aromatic carbocycles. The summed E-state index contributed by atoms with van der Waals surface area (Å²) >= 11 is 0. The van der Waals surface area contributed by atoms with Gasteiger partial charge < -0.3 is 15.4 Å². The van der Waals surface area contributed by atoms with Gasteiger partial charge in [0.2, 0.25) is 0 Å². The molecule has 0 radical (unpaired) electrons. The molecule has 1 amide bonds. The van der Waals surface area contributed by atoms with Crippen molar-refractivity contribution in [2.75, 3.05) is 0 Å². The summed E-state index contributed by atoms with van der Waals surface area (Å²) in [6.07, 6.45) is 6.59. The van der Waals surface area contributed by atoms with Gasteiger partial charge in [0.15, 0.2) is 0 Å². The Kier molecular flexibility index (Phi) is 5.60. The third-order valence-electron chi connectivity index (χ3n) is 5.77. The highest BCUT2D eigenvalue weighted by atomic mass is 19.1. The van der Waals surface area contributed by atoms with E-state index in [1.165, 1.54) is 29.5 Å². The maximum atomic E-state index is 14.8. The Hall–Kier alpha value is -4.37. The van der Waals surface area contributed by atoms with Gasteiger partial charge in [-0.3, -0.25) is 9.78 Å². The molecule has 1 unspecified atom stereocenters. The molecular formula is C25H21FN6O2. The number of amides is 1. The van der Waals surface area contributed by atoms with Gasteiger partial charge >= 0.3 is 0 Å². The number of phenolic OH excluding ortho intramolecular Hbond substituents is 1. The predicted octanol–water partition coefficient (Wildman–Crippen LogP) is 3.56. The van der Waals surface area contributed by atoms with E-state index in [4.69, 9.17) is 5.73 Å². The normalized spacial score (nSPS) is 15.4. The molecule has 1 aliphatic rings. The zero-order chi connectivity index (χ0) is 23.7. The smallest absolute Gasteiger partial charge is 0.294 e. The number of para-hydroxylation sites is 1. The van der Waals surface area contributed by atoms with E-state index < -0.39 is 17.8 Å². The number of carbonyl (C=O) groups is 1. The number of aromatic nitrogens is 3. The van der Waals surface area contributed by atoms with E-state index in [9.17, 15) is 14.3 Å². The van der Waals surface area contributed by atoms with Crippen molar-refractivity contribution in [2.24, 2.45) is 10.8 Å². The number of nitrogens with two attached hydrogens (primary N) is 1. The molecule has 4 aromatic rings. The van der Waals surface area contributed by atoms with E-state index in [2.05, 4.69) is 15.1 Å². The van der Waals surface area contributed by atoms with Crippen LogP contribution in [0.1, 0.15) is 39.6 Å². The molecule has 0 aliphatic carbocycles. The highest BCUT2D eigenvalue weighted by Crippen LogP contribution is 2.39. The van der Waals surface area contributed by atoms with Crippen LogP contribution >= 0.6 is 0 Å². The van der Waals surface area contributed by atoms with Crippen molar-refractivity contribution < 1.29 is 14.3 Å². The van der Waals surface area contributed by atoms with Gasteiger partial charge in [-0.15, -0.1) is 0 Å². The molecular weight excluding hydrogens is 435 g/mol. The minimum Gasteiger partial charge on any atom is -0.507 e. The molecule has 8 nitrogen and oxygen atoms in total. The van der Waals surface area contributed by atoms with E-state index in [-0.39, 0.29) is 23.4 Å². The standard InChI is InChI=1S/C25H21FN6O2/c26-18-7-3-9-23(33)24(18)22-11-19(17-6-4-10-28-13-17)30-32(22)25(34)20-14-31(15-29-20)21-8-2-1-5-16(21)12-27/h1-10,13-15,22,33H,11-12,27H2. The fourth-order valence-corrected chi connectivity index (χ4v) is 4.10. The van der Waals surface area contributed by atoms with Crippen molar-refractivity contribution in [1.82, 2.24) is 19.5 Å². The van der Waals surface area contributed by atoms with E-state index >= 15 is 0 Å². The second-order valence-electron chi connectivity index (χ2n) is 7.83. The maximum absolute atomic E-state index is 14.8. The molecule has 0 fully saturated rings. The second kappa shape index (κ2) is 8.87. The largest absolute Gasteiger partial charge is 0.507 e. The number of imidazole rings is 1. The monoisotopic (exact) mass is 456 g/mol. The lowest BCUT2D eigenvalue weighted by Gasteiger charge is -2.22. The molecule has 34 heavy (non-hydrogen) atoms. The lowest BCUT2D eigenvalue weighted by Crippen LogP contribution is -2.28. The third kappa shape index (κ3) is 3.82. The Morgan fingerprint density at radius 1 is 1.15 bits per heavy atom. The average molecular weight is 456 g/mol. The fourth-order valence-electron chi connectivity index (χ4n) is 4.10. The first kappa shape index (κ1) is 21.5. The average Bonchev–Trinajstić information content (AvgIpc) is 3.52. The predicted molar refractivity (Wildman–Crippen MR) is 124 cm³/mol. The van der Waals surface area contributed by atoms with Crippen LogP contribution in [0, 0.1) is 5.82 Å². The van der Waals surface area contributed by atoms with Gasteiger partial charge in [0.05, 0.1) is 23.0 Å². The zero-order valence-electron chi connectivity index (χ0n) is 18.0. The van der Waals surface area contributed by atoms with Crippen LogP contribution in [0.3, 0.4) is 0 Å². The van der Waals surface area contributed by atoms with E-state index in [1.54, 1.807) is 29.2 Å². The van der Waals surface area contributed by atoms with Gasteiger partial charge in [-0.1, -0.05) is 30.3 Å². The quantitative estimate of drug-likeness (QED) is 0.477. The molecule has 1 atom stereocenters. The topological polar surface area (TPSA) is 110 Å². The summed E-state index contributed by atoms with van der Waals surface area (Å²) in [6.45, 7) is 0.331. The highest BCUT2D eigenvalue weighted by Gasteiger charge is 2.37. The number of halogens is 1. The minimum absolute atomic E-state index is 0.00593. The zero-order valence-corrected chi connectivity index (χ0v) is 18.0. The van der Waals surface area contributed by atoms with Crippen molar-refractivity contribution in [3.05, 3.63) is 108 Å². The Morgan fingerprint density at radius 3 is 2.76 bits per heavy atom. The van der Waals surface area contributed by atoms with Crippen LogP contribution in [0.5, 0.6) is 5.75 Å². The number of hydrazone groups is 1. The fraction of sp³-hybridized carbons (Fsp3) is 0.120. The molecule has 0 spiro atoms. The number of nitrogens with zero attached hydrogens (tertiary/aromatic N) is 5. The minimum atomic E-state index is -0.842. The molecule has 9 heteroatoms. The number of phenols is 1. The summed E-state index contributed by atoms with van der Waals surface area (Å²) in [5.74, 6) is -1.38. The summed E-state index contributed by atoms with van der Waals surface area (Å²) in [7, 11) is 0. The van der Waals surface area contributed by atoms with Crippen LogP contribution < -0.4 is 5.73 Å². The summed E-state index contributed by atoms with van der Waals surface area (Å²) < 4.78 is 16.5. The summed E-state index contributed by atoms with van der Waals surface area (Å²) in [4.78, 5) is 21.9. The lowest BCUT2D eigenvalue weighted by molar-refractivity contribution is 0.0701. The molecule has 0 saturated heterocycles. The Balaban J connectivity index is 1.54. The van der Waals surface area contributed by atoms with Gasteiger partial charge in [-0.2, -0.15) is 5.10 Å². The third-order valence-corrected chi connectivity index (χ3v) is 5.77. The van der Waals surface area contributed by atoms with Crippen molar-refractivity contribution in [3.8, 4) is 11.4 Å². The Bertz CT molecular complexity index is 1360. The number of aromatic hydroxyl groups is 1. The summed E-state index contributed by atoms with van der Waals surface area (Å²) in [6, 6.07) is 14.3. The molecule has 170 valence electrons. The second-order valence-corrected chi connectivity index (χ2v) is 7.83. The first-order chi connectivity index (χ1) is 16.6. The number of benzene rings is 2. The first-order valence-electron chi connectivity index (χ1n) is 10.7. The maximum Gasteiger partial charge on any atom is 0.294 e. The molecule has 0 bridgehead atoms. The Labute approximate surface area is 194 Å². The number of hydrogen-bond acceptors (Lipinski definition) is 6. The van der Waals surface area contributed by atoms with Crippen LogP contribution in [0.15, 0.2) is 84.6 Å². The summed E-state index contributed by atoms with van der Waals surface area (Å²) in [5.41, 5.74) is 8.95. The van der Waals surface area contributed by atoms with Crippen molar-refractivity contribution in [3.63, 3.8) is 0 Å². The van der Waals surface area contributed by atoms with E-state index in [0.717, 1.165) is 11.3 Å². The molecule has 3 heterocycles. The number of carbonyl (C=O) groups excluding carboxylic acids is 1. The van der Waals surface area contributed by atoms with E-state index in [0.29, 0.717) is 17.8 Å². The number of hydrogen-bond donors (Lipinski definition) is 2.